The van der Waals surface area contributed by atoms with Crippen molar-refractivity contribution >= 4 is 5.69 Å². The predicted octanol–water partition coefficient (Wildman–Crippen LogP) is 2.26. The summed E-state index contributed by atoms with van der Waals surface area (Å²) in [6.45, 7) is 3.07. The van der Waals surface area contributed by atoms with Gasteiger partial charge in [0.05, 0.1) is 5.60 Å². The van der Waals surface area contributed by atoms with Crippen LogP contribution in [0.15, 0.2) is 12.1 Å². The predicted molar refractivity (Wildman–Crippen MR) is 55.9 cm³/mol. The van der Waals surface area contributed by atoms with E-state index in [1.807, 2.05) is 0 Å². The summed E-state index contributed by atoms with van der Waals surface area (Å²) in [7, 11) is 3.42. The molecule has 1 N–H and O–H groups in total. The Morgan fingerprint density at radius 1 is 1.13 bits per heavy atom. The molecule has 0 aliphatic heterocycles. The van der Waals surface area contributed by atoms with Crippen molar-refractivity contribution < 1.29 is 13.9 Å². The van der Waals surface area contributed by atoms with Gasteiger partial charge in [-0.1, -0.05) is 0 Å². The van der Waals surface area contributed by atoms with E-state index in [0.29, 0.717) is 11.3 Å². The van der Waals surface area contributed by atoms with Crippen molar-refractivity contribution in [2.75, 3.05) is 19.0 Å². The number of hydrogen-bond acceptors (Lipinski definition) is 2. The highest BCUT2D eigenvalue weighted by atomic mass is 19.2. The van der Waals surface area contributed by atoms with Crippen LogP contribution in [0.5, 0.6) is 0 Å². The second-order valence-corrected chi connectivity index (χ2v) is 4.24. The van der Waals surface area contributed by atoms with E-state index < -0.39 is 17.2 Å². The average Bonchev–Trinajstić information content (AvgIpc) is 2.06. The van der Waals surface area contributed by atoms with Crippen LogP contribution in [0.25, 0.3) is 0 Å². The normalized spacial score (nSPS) is 11.7. The molecule has 0 aromatic heterocycles. The van der Waals surface area contributed by atoms with Crippen molar-refractivity contribution in [1.29, 1.82) is 0 Å². The van der Waals surface area contributed by atoms with Crippen LogP contribution >= 0.6 is 0 Å². The summed E-state index contributed by atoms with van der Waals surface area (Å²) in [5.41, 5.74) is -0.360. The Morgan fingerprint density at radius 2 is 1.60 bits per heavy atom. The Morgan fingerprint density at radius 3 is 2.00 bits per heavy atom. The van der Waals surface area contributed by atoms with E-state index in [2.05, 4.69) is 0 Å². The molecule has 4 heteroatoms. The standard InChI is InChI=1S/C11H15F2NO/c1-11(2,15)7-5-8(12)9(13)6-10(7)14(3)4/h5-6,15H,1-4H3. The number of nitrogens with zero attached hydrogens (tertiary/aromatic N) is 1. The van der Waals surface area contributed by atoms with E-state index in [4.69, 9.17) is 0 Å². The molecule has 0 spiro atoms. The van der Waals surface area contributed by atoms with E-state index in [1.165, 1.54) is 13.8 Å². The van der Waals surface area contributed by atoms with Crippen LogP contribution in [0.3, 0.4) is 0 Å². The van der Waals surface area contributed by atoms with E-state index in [1.54, 1.807) is 19.0 Å². The monoisotopic (exact) mass is 215 g/mol. The Labute approximate surface area is 88.1 Å². The molecule has 0 saturated carbocycles. The molecule has 0 saturated heterocycles. The number of anilines is 1. The van der Waals surface area contributed by atoms with Gasteiger partial charge in [0.25, 0.3) is 0 Å². The lowest BCUT2D eigenvalue weighted by atomic mass is 9.95. The van der Waals surface area contributed by atoms with Crippen molar-refractivity contribution in [3.05, 3.63) is 29.3 Å². The zero-order valence-corrected chi connectivity index (χ0v) is 9.31. The van der Waals surface area contributed by atoms with E-state index >= 15 is 0 Å². The summed E-state index contributed by atoms with van der Waals surface area (Å²) in [6.07, 6.45) is 0. The summed E-state index contributed by atoms with van der Waals surface area (Å²) in [6, 6.07) is 2.12. The minimum Gasteiger partial charge on any atom is -0.386 e. The third-order valence-electron chi connectivity index (χ3n) is 2.18. The first-order valence-corrected chi connectivity index (χ1v) is 4.62. The Bertz CT molecular complexity index is 370. The number of benzene rings is 1. The molecule has 0 radical (unpaired) electrons. The van der Waals surface area contributed by atoms with Gasteiger partial charge >= 0.3 is 0 Å². The fraction of sp³-hybridized carbons (Fsp3) is 0.455. The zero-order valence-electron chi connectivity index (χ0n) is 9.31. The molecular formula is C11H15F2NO. The molecule has 84 valence electrons. The largest absolute Gasteiger partial charge is 0.386 e. The molecular weight excluding hydrogens is 200 g/mol. The maximum atomic E-state index is 13.0. The zero-order chi connectivity index (χ0) is 11.8. The highest BCUT2D eigenvalue weighted by Crippen LogP contribution is 2.31. The third-order valence-corrected chi connectivity index (χ3v) is 2.18. The fourth-order valence-electron chi connectivity index (χ4n) is 1.40. The molecule has 0 heterocycles. The van der Waals surface area contributed by atoms with Crippen LogP contribution in [0, 0.1) is 11.6 Å². The first kappa shape index (κ1) is 11.9. The molecule has 0 fully saturated rings. The number of aliphatic hydroxyl groups is 1. The molecule has 0 unspecified atom stereocenters. The lowest BCUT2D eigenvalue weighted by molar-refractivity contribution is 0.0786. The van der Waals surface area contributed by atoms with Gasteiger partial charge in [-0.2, -0.15) is 0 Å². The molecule has 1 aromatic carbocycles. The molecule has 0 amide bonds. The van der Waals surface area contributed by atoms with Crippen LogP contribution in [0.2, 0.25) is 0 Å². The van der Waals surface area contributed by atoms with E-state index in [9.17, 15) is 13.9 Å². The fourth-order valence-corrected chi connectivity index (χ4v) is 1.40. The second kappa shape index (κ2) is 3.77. The van der Waals surface area contributed by atoms with E-state index in [-0.39, 0.29) is 0 Å². The maximum Gasteiger partial charge on any atom is 0.160 e. The number of halogens is 2. The average molecular weight is 215 g/mol. The van der Waals surface area contributed by atoms with Gasteiger partial charge in [0, 0.05) is 31.4 Å². The number of rotatable bonds is 2. The smallest absolute Gasteiger partial charge is 0.160 e. The van der Waals surface area contributed by atoms with Gasteiger partial charge in [0.1, 0.15) is 0 Å². The van der Waals surface area contributed by atoms with Gasteiger partial charge in [0.2, 0.25) is 0 Å². The third kappa shape index (κ3) is 2.45. The summed E-state index contributed by atoms with van der Waals surface area (Å²) >= 11 is 0. The lowest BCUT2D eigenvalue weighted by Gasteiger charge is -2.25. The summed E-state index contributed by atoms with van der Waals surface area (Å²) in [5, 5.41) is 9.82. The van der Waals surface area contributed by atoms with Crippen LogP contribution in [-0.2, 0) is 5.60 Å². The molecule has 0 atom stereocenters. The van der Waals surface area contributed by atoms with Crippen LogP contribution in [0.1, 0.15) is 19.4 Å². The van der Waals surface area contributed by atoms with Gasteiger partial charge < -0.3 is 10.0 Å². The minimum absolute atomic E-state index is 0.367. The maximum absolute atomic E-state index is 13.0. The van der Waals surface area contributed by atoms with Crippen molar-refractivity contribution in [3.8, 4) is 0 Å². The topological polar surface area (TPSA) is 23.5 Å². The molecule has 0 aliphatic rings. The molecule has 0 aliphatic carbocycles. The van der Waals surface area contributed by atoms with Gasteiger partial charge in [-0.05, 0) is 19.9 Å². The van der Waals surface area contributed by atoms with Crippen molar-refractivity contribution in [1.82, 2.24) is 0 Å². The Hall–Kier alpha value is -1.16. The van der Waals surface area contributed by atoms with Gasteiger partial charge in [-0.15, -0.1) is 0 Å². The molecule has 1 rings (SSSR count). The van der Waals surface area contributed by atoms with Crippen LogP contribution in [-0.4, -0.2) is 19.2 Å². The Kier molecular flexibility index (Phi) is 3.00. The van der Waals surface area contributed by atoms with Crippen LogP contribution < -0.4 is 4.90 Å². The first-order valence-electron chi connectivity index (χ1n) is 4.62. The Balaban J connectivity index is 3.42. The lowest BCUT2D eigenvalue weighted by Crippen LogP contribution is -2.22. The highest BCUT2D eigenvalue weighted by Gasteiger charge is 2.23. The van der Waals surface area contributed by atoms with E-state index in [0.717, 1.165) is 12.1 Å². The second-order valence-electron chi connectivity index (χ2n) is 4.24. The molecule has 15 heavy (non-hydrogen) atoms. The quantitative estimate of drug-likeness (QED) is 0.818. The van der Waals surface area contributed by atoms with Crippen LogP contribution in [0.4, 0.5) is 14.5 Å². The van der Waals surface area contributed by atoms with Crippen molar-refractivity contribution in [2.24, 2.45) is 0 Å². The van der Waals surface area contributed by atoms with Crippen molar-refractivity contribution in [2.45, 2.75) is 19.4 Å². The first-order chi connectivity index (χ1) is 6.73. The van der Waals surface area contributed by atoms with Gasteiger partial charge in [0.15, 0.2) is 11.6 Å². The summed E-state index contributed by atoms with van der Waals surface area (Å²) < 4.78 is 26.1. The molecule has 1 aromatic rings. The SMILES string of the molecule is CN(C)c1cc(F)c(F)cc1C(C)(C)O. The highest BCUT2D eigenvalue weighted by molar-refractivity contribution is 5.55. The van der Waals surface area contributed by atoms with Crippen molar-refractivity contribution in [3.63, 3.8) is 0 Å². The van der Waals surface area contributed by atoms with Gasteiger partial charge in [-0.25, -0.2) is 8.78 Å². The summed E-state index contributed by atoms with van der Waals surface area (Å²) in [4.78, 5) is 1.63. The van der Waals surface area contributed by atoms with Gasteiger partial charge in [-0.3, -0.25) is 0 Å². The summed E-state index contributed by atoms with van der Waals surface area (Å²) in [5.74, 6) is -1.86. The minimum atomic E-state index is -1.20. The molecule has 0 bridgehead atoms. The number of hydrogen-bond donors (Lipinski definition) is 1. The molecule has 2 nitrogen and oxygen atoms in total.